The number of fused-ring (bicyclic) bond motifs is 1. The Bertz CT molecular complexity index is 1290. The fourth-order valence-corrected chi connectivity index (χ4v) is 5.34. The summed E-state index contributed by atoms with van der Waals surface area (Å²) in [6, 6.07) is 6.09. The molecule has 1 aliphatic carbocycles. The number of allylic oxidation sites excluding steroid dienone is 2. The molecule has 0 bridgehead atoms. The molecule has 0 saturated carbocycles. The summed E-state index contributed by atoms with van der Waals surface area (Å²) in [5.41, 5.74) is 3.83. The maximum atomic E-state index is 15.3. The van der Waals surface area contributed by atoms with Gasteiger partial charge in [0.05, 0.1) is 6.54 Å². The lowest BCUT2D eigenvalue weighted by atomic mass is 10.1. The minimum Gasteiger partial charge on any atom is -0.421 e. The van der Waals surface area contributed by atoms with Gasteiger partial charge in [0.25, 0.3) is 0 Å². The average molecular weight is 503 g/mol. The highest BCUT2D eigenvalue weighted by Crippen LogP contribution is 2.34. The van der Waals surface area contributed by atoms with Crippen LogP contribution >= 0.6 is 0 Å². The number of anilines is 2. The molecular formula is C29H35FN6O. The van der Waals surface area contributed by atoms with Crippen molar-refractivity contribution in [3.63, 3.8) is 0 Å². The van der Waals surface area contributed by atoms with E-state index in [4.69, 9.17) is 9.72 Å². The van der Waals surface area contributed by atoms with Crippen LogP contribution in [0, 0.1) is 5.82 Å². The standard InChI is InChI=1S/C29H35FN6O/c1-5-8-20-15-25(31-17-20)32-26-16-27(36-12-11-22(18-36)35(6-2)7-3)34-29(33-26)37-24-10-9-21-13-19(4)14-23(21)28(24)30/h5,8-10,14-16,22H,6-7,11-13,17-18H2,1-4H3,(H,31,32,33,34)/b8-5+. The van der Waals surface area contributed by atoms with E-state index in [-0.39, 0.29) is 17.6 Å². The van der Waals surface area contributed by atoms with E-state index in [0.717, 1.165) is 67.4 Å². The highest BCUT2D eigenvalue weighted by molar-refractivity contribution is 6.05. The van der Waals surface area contributed by atoms with Gasteiger partial charge in [-0.05, 0) is 63.1 Å². The largest absolute Gasteiger partial charge is 0.421 e. The van der Waals surface area contributed by atoms with Gasteiger partial charge in [0.2, 0.25) is 0 Å². The maximum absolute atomic E-state index is 15.3. The Kier molecular flexibility index (Phi) is 7.37. The fourth-order valence-electron chi connectivity index (χ4n) is 5.34. The van der Waals surface area contributed by atoms with Gasteiger partial charge < -0.3 is 15.0 Å². The molecule has 1 atom stereocenters. The zero-order valence-corrected chi connectivity index (χ0v) is 22.1. The zero-order valence-electron chi connectivity index (χ0n) is 22.1. The van der Waals surface area contributed by atoms with Crippen LogP contribution < -0.4 is 15.0 Å². The molecule has 0 amide bonds. The van der Waals surface area contributed by atoms with Gasteiger partial charge in [0.1, 0.15) is 17.5 Å². The van der Waals surface area contributed by atoms with Gasteiger partial charge in [-0.3, -0.25) is 9.89 Å². The Morgan fingerprint density at radius 2 is 2.05 bits per heavy atom. The summed E-state index contributed by atoms with van der Waals surface area (Å²) in [5, 5.41) is 3.31. The number of amidine groups is 1. The Hall–Kier alpha value is -3.52. The van der Waals surface area contributed by atoms with Gasteiger partial charge in [0.15, 0.2) is 11.6 Å². The number of halogens is 1. The molecule has 2 aromatic rings. The average Bonchev–Trinajstić information content (AvgIpc) is 3.62. The van der Waals surface area contributed by atoms with Crippen molar-refractivity contribution in [2.24, 2.45) is 4.99 Å². The predicted octanol–water partition coefficient (Wildman–Crippen LogP) is 5.61. The van der Waals surface area contributed by atoms with Crippen LogP contribution in [0.4, 0.5) is 16.0 Å². The van der Waals surface area contributed by atoms with E-state index in [1.807, 2.05) is 50.3 Å². The first-order chi connectivity index (χ1) is 18.0. The van der Waals surface area contributed by atoms with Crippen molar-refractivity contribution >= 4 is 23.5 Å². The highest BCUT2D eigenvalue weighted by atomic mass is 19.1. The lowest BCUT2D eigenvalue weighted by Gasteiger charge is -2.26. The Morgan fingerprint density at radius 1 is 1.22 bits per heavy atom. The van der Waals surface area contributed by atoms with Crippen LogP contribution in [-0.4, -0.2) is 59.5 Å². The lowest BCUT2D eigenvalue weighted by molar-refractivity contribution is 0.232. The molecular weight excluding hydrogens is 467 g/mol. The van der Waals surface area contributed by atoms with Crippen molar-refractivity contribution in [2.45, 2.75) is 46.6 Å². The van der Waals surface area contributed by atoms with E-state index < -0.39 is 0 Å². The smallest absolute Gasteiger partial charge is 0.326 e. The summed E-state index contributed by atoms with van der Waals surface area (Å²) in [6.07, 6.45) is 9.76. The molecule has 0 spiro atoms. The number of rotatable bonds is 8. The molecule has 3 aliphatic rings. The topological polar surface area (TPSA) is 65.9 Å². The molecule has 2 aliphatic heterocycles. The summed E-state index contributed by atoms with van der Waals surface area (Å²) < 4.78 is 21.3. The van der Waals surface area contributed by atoms with Gasteiger partial charge in [-0.15, -0.1) is 0 Å². The lowest BCUT2D eigenvalue weighted by Crippen LogP contribution is -2.37. The SMILES string of the molecule is C/C=C/C1=CC(Nc2cc(N3CCC(N(CC)CC)C3)nc(Oc3ccc4c(c3F)C=C(C)C4)n2)=NC1. The quantitative estimate of drug-likeness (QED) is 0.506. The summed E-state index contributed by atoms with van der Waals surface area (Å²) in [5.74, 6) is 1.81. The van der Waals surface area contributed by atoms with Crippen LogP contribution in [0.3, 0.4) is 0 Å². The summed E-state index contributed by atoms with van der Waals surface area (Å²) in [6.45, 7) is 12.8. The number of benzene rings is 1. The van der Waals surface area contributed by atoms with E-state index in [9.17, 15) is 0 Å². The second-order valence-electron chi connectivity index (χ2n) is 9.77. The van der Waals surface area contributed by atoms with Crippen LogP contribution in [0.2, 0.25) is 0 Å². The normalized spacial score (nSPS) is 18.9. The van der Waals surface area contributed by atoms with Crippen molar-refractivity contribution in [2.75, 3.05) is 42.9 Å². The van der Waals surface area contributed by atoms with Crippen molar-refractivity contribution in [1.29, 1.82) is 0 Å². The molecule has 7 nitrogen and oxygen atoms in total. The highest BCUT2D eigenvalue weighted by Gasteiger charge is 2.28. The predicted molar refractivity (Wildman–Crippen MR) is 148 cm³/mol. The number of ether oxygens (including phenoxy) is 1. The number of hydrogen-bond acceptors (Lipinski definition) is 7. The van der Waals surface area contributed by atoms with Crippen LogP contribution in [0.1, 0.15) is 45.2 Å². The second kappa shape index (κ2) is 10.8. The van der Waals surface area contributed by atoms with Crippen molar-refractivity contribution in [3.05, 3.63) is 64.5 Å². The van der Waals surface area contributed by atoms with Crippen molar-refractivity contribution in [1.82, 2.24) is 14.9 Å². The Balaban J connectivity index is 1.44. The first-order valence-corrected chi connectivity index (χ1v) is 13.2. The molecule has 1 unspecified atom stereocenters. The van der Waals surface area contributed by atoms with Crippen molar-refractivity contribution < 1.29 is 9.13 Å². The van der Waals surface area contributed by atoms with Crippen molar-refractivity contribution in [3.8, 4) is 11.8 Å². The van der Waals surface area contributed by atoms with Gasteiger partial charge in [-0.25, -0.2) is 4.39 Å². The molecule has 194 valence electrons. The van der Waals surface area contributed by atoms with Crippen LogP contribution in [0.5, 0.6) is 11.8 Å². The summed E-state index contributed by atoms with van der Waals surface area (Å²) in [7, 11) is 0. The number of nitrogens with one attached hydrogen (secondary N) is 1. The minimum absolute atomic E-state index is 0.111. The number of likely N-dealkylation sites (N-methyl/N-ethyl adjacent to an activating group) is 1. The first kappa shape index (κ1) is 25.1. The summed E-state index contributed by atoms with van der Waals surface area (Å²) >= 11 is 0. The van der Waals surface area contributed by atoms with E-state index >= 15 is 4.39 Å². The van der Waals surface area contributed by atoms with E-state index in [1.54, 1.807) is 6.07 Å². The molecule has 37 heavy (non-hydrogen) atoms. The van der Waals surface area contributed by atoms with Crippen LogP contribution in [0.25, 0.3) is 6.08 Å². The molecule has 1 aromatic heterocycles. The third-order valence-electron chi connectivity index (χ3n) is 7.20. The van der Waals surface area contributed by atoms with Gasteiger partial charge in [0, 0.05) is 30.8 Å². The van der Waals surface area contributed by atoms with Gasteiger partial charge in [-0.1, -0.05) is 43.7 Å². The molecule has 1 fully saturated rings. The molecule has 1 saturated heterocycles. The maximum Gasteiger partial charge on any atom is 0.326 e. The number of aliphatic imine (C=N–C) groups is 1. The van der Waals surface area contributed by atoms with E-state index in [0.29, 0.717) is 24.0 Å². The van der Waals surface area contributed by atoms with E-state index in [2.05, 4.69) is 38.9 Å². The van der Waals surface area contributed by atoms with Crippen LogP contribution in [-0.2, 0) is 6.42 Å². The zero-order chi connectivity index (χ0) is 25.9. The monoisotopic (exact) mass is 502 g/mol. The first-order valence-electron chi connectivity index (χ1n) is 13.2. The molecule has 5 rings (SSSR count). The van der Waals surface area contributed by atoms with Crippen LogP contribution in [0.15, 0.2) is 52.6 Å². The molecule has 3 heterocycles. The van der Waals surface area contributed by atoms with E-state index in [1.165, 1.54) is 0 Å². The summed E-state index contributed by atoms with van der Waals surface area (Å²) in [4.78, 5) is 18.6. The molecule has 1 aromatic carbocycles. The van der Waals surface area contributed by atoms with Gasteiger partial charge in [-0.2, -0.15) is 9.97 Å². The number of nitrogens with zero attached hydrogens (tertiary/aromatic N) is 5. The third kappa shape index (κ3) is 5.44. The minimum atomic E-state index is -0.375. The fraction of sp³-hybridized carbons (Fsp3) is 0.414. The number of hydrogen-bond donors (Lipinski definition) is 1. The third-order valence-corrected chi connectivity index (χ3v) is 7.20. The Morgan fingerprint density at radius 3 is 2.84 bits per heavy atom. The molecule has 8 heteroatoms. The molecule has 0 radical (unpaired) electrons. The number of aromatic nitrogens is 2. The van der Waals surface area contributed by atoms with Gasteiger partial charge >= 0.3 is 6.01 Å². The second-order valence-corrected chi connectivity index (χ2v) is 9.77. The molecule has 1 N–H and O–H groups in total. The Labute approximate surface area is 218 Å².